The third-order valence-electron chi connectivity index (χ3n) is 5.22. The third-order valence-corrected chi connectivity index (χ3v) is 5.22. The molecule has 0 bridgehead atoms. The molecule has 2 aromatic carbocycles. The smallest absolute Gasteiger partial charge is 0.272 e. The number of hydrogen-bond acceptors (Lipinski definition) is 3. The Labute approximate surface area is 165 Å². The minimum atomic E-state index is -0.136. The van der Waals surface area contributed by atoms with Gasteiger partial charge in [-0.3, -0.25) is 9.48 Å². The van der Waals surface area contributed by atoms with Crippen LogP contribution in [0.15, 0.2) is 60.8 Å². The van der Waals surface area contributed by atoms with E-state index in [9.17, 15) is 4.79 Å². The van der Waals surface area contributed by atoms with Gasteiger partial charge in [-0.05, 0) is 55.1 Å². The Morgan fingerprint density at radius 2 is 2.00 bits per heavy atom. The van der Waals surface area contributed by atoms with Crippen molar-refractivity contribution in [2.75, 3.05) is 13.1 Å². The summed E-state index contributed by atoms with van der Waals surface area (Å²) in [5.41, 5.74) is 5.13. The number of aryl methyl sites for hydroxylation is 1. The van der Waals surface area contributed by atoms with E-state index >= 15 is 0 Å². The molecule has 0 saturated carbocycles. The number of rotatable bonds is 5. The predicted molar refractivity (Wildman–Crippen MR) is 111 cm³/mol. The Hall–Kier alpha value is -2.92. The Morgan fingerprint density at radius 1 is 1.18 bits per heavy atom. The van der Waals surface area contributed by atoms with Gasteiger partial charge in [-0.2, -0.15) is 5.10 Å². The van der Waals surface area contributed by atoms with E-state index < -0.39 is 0 Å². The summed E-state index contributed by atoms with van der Waals surface area (Å²) >= 11 is 0. The first-order valence-electron chi connectivity index (χ1n) is 9.89. The van der Waals surface area contributed by atoms with Crippen molar-refractivity contribution in [2.24, 2.45) is 0 Å². The molecule has 5 heteroatoms. The maximum atomic E-state index is 12.5. The maximum Gasteiger partial charge on any atom is 0.272 e. The molecule has 1 atom stereocenters. The molecule has 1 amide bonds. The Kier molecular flexibility index (Phi) is 5.53. The van der Waals surface area contributed by atoms with Gasteiger partial charge in [0.05, 0.1) is 6.04 Å². The van der Waals surface area contributed by atoms with E-state index in [0.717, 1.165) is 37.1 Å². The number of nitrogens with one attached hydrogen (secondary N) is 2. The number of hydrogen-bond donors (Lipinski definition) is 2. The standard InChI is InChI=1S/C23H26N4O/c1-17-5-2-7-19(13-17)20-8-3-6-18(14-20)15-25-23(28)22-10-12-27(26-22)21-9-4-11-24-16-21/h2-3,5-8,10,12-14,21,24H,4,9,11,15-16H2,1H3,(H,25,28). The van der Waals surface area contributed by atoms with Crippen molar-refractivity contribution in [2.45, 2.75) is 32.4 Å². The normalized spacial score (nSPS) is 16.7. The zero-order valence-corrected chi connectivity index (χ0v) is 16.2. The van der Waals surface area contributed by atoms with E-state index in [1.807, 2.05) is 23.0 Å². The quantitative estimate of drug-likeness (QED) is 0.716. The Bertz CT molecular complexity index is 956. The maximum absolute atomic E-state index is 12.5. The van der Waals surface area contributed by atoms with Crippen molar-refractivity contribution < 1.29 is 4.79 Å². The summed E-state index contributed by atoms with van der Waals surface area (Å²) in [6.45, 7) is 4.55. The molecular formula is C23H26N4O. The fourth-order valence-electron chi connectivity index (χ4n) is 3.68. The molecule has 1 fully saturated rings. The highest BCUT2D eigenvalue weighted by Crippen LogP contribution is 2.21. The Morgan fingerprint density at radius 3 is 2.79 bits per heavy atom. The number of carbonyl (C=O) groups excluding carboxylic acids is 1. The van der Waals surface area contributed by atoms with Crippen molar-refractivity contribution in [1.82, 2.24) is 20.4 Å². The lowest BCUT2D eigenvalue weighted by molar-refractivity contribution is 0.0944. The second kappa shape index (κ2) is 8.40. The minimum Gasteiger partial charge on any atom is -0.347 e. The van der Waals surface area contributed by atoms with Gasteiger partial charge in [0.2, 0.25) is 0 Å². The fraction of sp³-hybridized carbons (Fsp3) is 0.304. The van der Waals surface area contributed by atoms with Crippen LogP contribution in [0, 0.1) is 6.92 Å². The second-order valence-corrected chi connectivity index (χ2v) is 7.43. The number of amides is 1. The van der Waals surface area contributed by atoms with Crippen molar-refractivity contribution in [1.29, 1.82) is 0 Å². The molecule has 1 unspecified atom stereocenters. The summed E-state index contributed by atoms with van der Waals surface area (Å²) in [5, 5.41) is 10.9. The van der Waals surface area contributed by atoms with Crippen molar-refractivity contribution in [3.05, 3.63) is 77.6 Å². The minimum absolute atomic E-state index is 0.136. The lowest BCUT2D eigenvalue weighted by atomic mass is 10.0. The molecule has 3 aromatic rings. The summed E-state index contributed by atoms with van der Waals surface area (Å²) in [6, 6.07) is 18.9. The van der Waals surface area contributed by atoms with E-state index in [1.54, 1.807) is 6.07 Å². The predicted octanol–water partition coefficient (Wildman–Crippen LogP) is 3.71. The van der Waals surface area contributed by atoms with E-state index in [2.05, 4.69) is 59.1 Å². The molecule has 1 aliphatic rings. The molecule has 4 rings (SSSR count). The van der Waals surface area contributed by atoms with Crippen molar-refractivity contribution >= 4 is 5.91 Å². The SMILES string of the molecule is Cc1cccc(-c2cccc(CNC(=O)c3ccn(C4CCCNC4)n3)c2)c1. The molecule has 2 heterocycles. The second-order valence-electron chi connectivity index (χ2n) is 7.43. The van der Waals surface area contributed by atoms with Crippen LogP contribution in [-0.2, 0) is 6.54 Å². The van der Waals surface area contributed by atoms with Crippen LogP contribution in [0.2, 0.25) is 0 Å². The van der Waals surface area contributed by atoms with Crippen LogP contribution in [0.3, 0.4) is 0 Å². The van der Waals surface area contributed by atoms with Crippen LogP contribution in [0.4, 0.5) is 0 Å². The molecule has 1 aromatic heterocycles. The summed E-state index contributed by atoms with van der Waals surface area (Å²) in [5.74, 6) is -0.136. The number of aromatic nitrogens is 2. The molecular weight excluding hydrogens is 348 g/mol. The van der Waals surface area contributed by atoms with Crippen molar-refractivity contribution in [3.8, 4) is 11.1 Å². The summed E-state index contributed by atoms with van der Waals surface area (Å²) in [4.78, 5) is 12.5. The molecule has 5 nitrogen and oxygen atoms in total. The van der Waals surface area contributed by atoms with Crippen LogP contribution in [0.1, 0.15) is 40.5 Å². The lowest BCUT2D eigenvalue weighted by Gasteiger charge is -2.22. The van der Waals surface area contributed by atoms with Gasteiger partial charge in [0.15, 0.2) is 0 Å². The van der Waals surface area contributed by atoms with Crippen LogP contribution >= 0.6 is 0 Å². The first-order chi connectivity index (χ1) is 13.7. The average Bonchev–Trinajstić information content (AvgIpc) is 3.23. The first-order valence-corrected chi connectivity index (χ1v) is 9.89. The summed E-state index contributed by atoms with van der Waals surface area (Å²) in [6.07, 6.45) is 4.15. The van der Waals surface area contributed by atoms with E-state index in [0.29, 0.717) is 18.3 Å². The van der Waals surface area contributed by atoms with Crippen molar-refractivity contribution in [3.63, 3.8) is 0 Å². The molecule has 1 aliphatic heterocycles. The van der Waals surface area contributed by atoms with Crippen LogP contribution < -0.4 is 10.6 Å². The van der Waals surface area contributed by atoms with Gasteiger partial charge >= 0.3 is 0 Å². The summed E-state index contributed by atoms with van der Waals surface area (Å²) < 4.78 is 1.92. The van der Waals surface area contributed by atoms with Crippen LogP contribution in [-0.4, -0.2) is 28.8 Å². The molecule has 2 N–H and O–H groups in total. The van der Waals surface area contributed by atoms with Gasteiger partial charge in [-0.15, -0.1) is 0 Å². The highest BCUT2D eigenvalue weighted by molar-refractivity contribution is 5.92. The van der Waals surface area contributed by atoms with E-state index in [1.165, 1.54) is 11.1 Å². The fourth-order valence-corrected chi connectivity index (χ4v) is 3.68. The monoisotopic (exact) mass is 374 g/mol. The topological polar surface area (TPSA) is 59.0 Å². The number of carbonyl (C=O) groups is 1. The first kappa shape index (κ1) is 18.4. The van der Waals surface area contributed by atoms with Gasteiger partial charge < -0.3 is 10.6 Å². The summed E-state index contributed by atoms with van der Waals surface area (Å²) in [7, 11) is 0. The third kappa shape index (κ3) is 4.31. The van der Waals surface area contributed by atoms with Crippen LogP contribution in [0.5, 0.6) is 0 Å². The highest BCUT2D eigenvalue weighted by atomic mass is 16.1. The molecule has 144 valence electrons. The molecule has 1 saturated heterocycles. The average molecular weight is 374 g/mol. The van der Waals surface area contributed by atoms with Gasteiger partial charge in [0, 0.05) is 19.3 Å². The van der Waals surface area contributed by atoms with Gasteiger partial charge in [-0.1, -0.05) is 48.0 Å². The van der Waals surface area contributed by atoms with Gasteiger partial charge in [-0.25, -0.2) is 0 Å². The van der Waals surface area contributed by atoms with Gasteiger partial charge in [0.25, 0.3) is 5.91 Å². The van der Waals surface area contributed by atoms with Crippen LogP contribution in [0.25, 0.3) is 11.1 Å². The molecule has 28 heavy (non-hydrogen) atoms. The largest absolute Gasteiger partial charge is 0.347 e. The Balaban J connectivity index is 1.40. The van der Waals surface area contributed by atoms with E-state index in [4.69, 9.17) is 0 Å². The number of piperidine rings is 1. The molecule has 0 spiro atoms. The zero-order chi connectivity index (χ0) is 19.3. The number of nitrogens with zero attached hydrogens (tertiary/aromatic N) is 2. The molecule has 0 radical (unpaired) electrons. The zero-order valence-electron chi connectivity index (χ0n) is 16.2. The highest BCUT2D eigenvalue weighted by Gasteiger charge is 2.17. The molecule has 0 aliphatic carbocycles. The number of benzene rings is 2. The lowest BCUT2D eigenvalue weighted by Crippen LogP contribution is -2.32. The van der Waals surface area contributed by atoms with E-state index in [-0.39, 0.29) is 5.91 Å². The van der Waals surface area contributed by atoms with Gasteiger partial charge in [0.1, 0.15) is 5.69 Å².